The highest BCUT2D eigenvalue weighted by atomic mass is 35.6. The van der Waals surface area contributed by atoms with Gasteiger partial charge in [-0.05, 0) is 59.4 Å². The number of hydrogen-bond acceptors (Lipinski definition) is 8. The van der Waals surface area contributed by atoms with Gasteiger partial charge in [-0.2, -0.15) is 4.73 Å². The van der Waals surface area contributed by atoms with Gasteiger partial charge in [-0.1, -0.05) is 142 Å². The molecule has 4 aromatic rings. The molecule has 0 unspecified atom stereocenters. The highest BCUT2D eigenvalue weighted by molar-refractivity contribution is 6.63. The molecule has 4 aliphatic heterocycles. The third kappa shape index (κ3) is 22.7. The van der Waals surface area contributed by atoms with E-state index in [1.807, 2.05) is 48.5 Å². The van der Waals surface area contributed by atoms with Gasteiger partial charge in [0.15, 0.2) is 16.7 Å². The Bertz CT molecular complexity index is 1860. The van der Waals surface area contributed by atoms with E-state index in [0.717, 1.165) is 73.6 Å². The molecule has 13 nitrogen and oxygen atoms in total. The molecule has 5 heterocycles. The Morgan fingerprint density at radius 3 is 1.41 bits per heavy atom. The molecular weight excluding hydrogens is 881 g/mol. The van der Waals surface area contributed by atoms with Crippen molar-refractivity contribution in [1.82, 2.24) is 21.3 Å². The Balaban J connectivity index is 0.000000330. The molecule has 8 rings (SSSR count). The minimum absolute atomic E-state index is 0.212. The van der Waals surface area contributed by atoms with Crippen LogP contribution in [-0.2, 0) is 40.5 Å². The molecule has 0 spiro atoms. The molecule has 6 bridgehead atoms. The van der Waals surface area contributed by atoms with E-state index in [0.29, 0.717) is 81.7 Å². The molecule has 4 N–H and O–H groups in total. The normalized spacial score (nSPS) is 13.7. The average Bonchev–Trinajstić information content (AvgIpc) is 3.29. The van der Waals surface area contributed by atoms with Crippen molar-refractivity contribution in [1.29, 1.82) is 0 Å². The first-order valence-electron chi connectivity index (χ1n) is 21.8. The molecular formula is C48H62Cl3N5O8. The van der Waals surface area contributed by atoms with Crippen molar-refractivity contribution in [3.05, 3.63) is 141 Å². The summed E-state index contributed by atoms with van der Waals surface area (Å²) in [5.74, 6) is -1.10. The number of benzene rings is 3. The van der Waals surface area contributed by atoms with Gasteiger partial charge < -0.3 is 40.7 Å². The van der Waals surface area contributed by atoms with Crippen molar-refractivity contribution in [2.24, 2.45) is 0 Å². The van der Waals surface area contributed by atoms with Gasteiger partial charge in [-0.15, -0.1) is 0 Å². The SMILES string of the molecule is CCCCCCNC(=O)c1cc(C(=O)NCCCCCC)c[n+]([O-])c1.ClC(Cl)Cl.O=C1NCc2ccc(cc2)COCCOCCOCc2ccc(cc2)CNC(=O)c2cccc1c2. The molecule has 0 saturated carbocycles. The lowest BCUT2D eigenvalue weighted by atomic mass is 10.1. The van der Waals surface area contributed by atoms with Gasteiger partial charge in [-0.25, -0.2) is 0 Å². The fourth-order valence-corrected chi connectivity index (χ4v) is 6.11. The highest BCUT2D eigenvalue weighted by Gasteiger charge is 2.16. The van der Waals surface area contributed by atoms with Crippen LogP contribution in [-0.4, -0.2) is 67.4 Å². The van der Waals surface area contributed by atoms with Crippen LogP contribution in [0.5, 0.6) is 0 Å². The lowest BCUT2D eigenvalue weighted by Gasteiger charge is -2.10. The Labute approximate surface area is 392 Å². The van der Waals surface area contributed by atoms with Crippen LogP contribution in [0, 0.1) is 5.21 Å². The zero-order chi connectivity index (χ0) is 46.4. The molecule has 64 heavy (non-hydrogen) atoms. The van der Waals surface area contributed by atoms with Gasteiger partial charge in [0.05, 0.1) is 39.6 Å². The molecule has 4 aliphatic rings. The lowest BCUT2D eigenvalue weighted by Crippen LogP contribution is -2.34. The van der Waals surface area contributed by atoms with Crippen LogP contribution in [0.25, 0.3) is 0 Å². The highest BCUT2D eigenvalue weighted by Crippen LogP contribution is 2.11. The summed E-state index contributed by atoms with van der Waals surface area (Å²) >= 11 is 14.4. The van der Waals surface area contributed by atoms with Gasteiger partial charge in [0, 0.05) is 37.3 Å². The number of amides is 4. The summed E-state index contributed by atoms with van der Waals surface area (Å²) in [6.07, 6.45) is 10.9. The minimum Gasteiger partial charge on any atom is -0.619 e. The molecule has 16 heteroatoms. The van der Waals surface area contributed by atoms with Crippen LogP contribution < -0.4 is 26.0 Å². The topological polar surface area (TPSA) is 171 Å². The first-order chi connectivity index (χ1) is 31.0. The summed E-state index contributed by atoms with van der Waals surface area (Å²) in [6, 6.07) is 24.0. The number of pyridine rings is 1. The second kappa shape index (κ2) is 32.0. The monoisotopic (exact) mass is 941 g/mol. The number of nitrogens with one attached hydrogen (secondary N) is 4. The van der Waals surface area contributed by atoms with Gasteiger partial charge in [-0.3, -0.25) is 19.2 Å². The Kier molecular flexibility index (Phi) is 26.8. The fraction of sp³-hybridized carbons (Fsp3) is 0.438. The van der Waals surface area contributed by atoms with E-state index in [-0.39, 0.29) is 34.8 Å². The lowest BCUT2D eigenvalue weighted by molar-refractivity contribution is -0.605. The van der Waals surface area contributed by atoms with Gasteiger partial charge >= 0.3 is 0 Å². The number of unbranched alkanes of at least 4 members (excludes halogenated alkanes) is 6. The number of halogens is 3. The molecule has 0 atom stereocenters. The van der Waals surface area contributed by atoms with Crippen molar-refractivity contribution in [3.8, 4) is 0 Å². The van der Waals surface area contributed by atoms with Crippen LogP contribution in [0.2, 0.25) is 0 Å². The summed E-state index contributed by atoms with van der Waals surface area (Å²) in [4.78, 5) is 49.6. The number of hydrogen-bond donors (Lipinski definition) is 4. The van der Waals surface area contributed by atoms with Gasteiger partial charge in [0.1, 0.15) is 11.1 Å². The quantitative estimate of drug-likeness (QED) is 0.0474. The maximum absolute atomic E-state index is 12.6. The van der Waals surface area contributed by atoms with E-state index in [1.165, 1.54) is 18.5 Å². The zero-order valence-corrected chi connectivity index (χ0v) is 39.1. The van der Waals surface area contributed by atoms with E-state index >= 15 is 0 Å². The Morgan fingerprint density at radius 1 is 0.609 bits per heavy atom. The maximum Gasteiger partial charge on any atom is 0.257 e. The summed E-state index contributed by atoms with van der Waals surface area (Å²) < 4.78 is 16.7. The molecule has 0 saturated heterocycles. The van der Waals surface area contributed by atoms with Crippen LogP contribution in [0.3, 0.4) is 0 Å². The summed E-state index contributed by atoms with van der Waals surface area (Å²) in [5, 5.41) is 23.1. The Hall–Kier alpha value is -4.76. The number of carbonyl (C=O) groups excluding carboxylic acids is 4. The predicted molar refractivity (Wildman–Crippen MR) is 251 cm³/mol. The standard InChI is InChI=1S/C28H30N2O5.C19H31N3O3.CHCl3/c31-27-25-2-1-3-26(16-25)28(32)30-18-22-6-10-24(11-7-22)20-35-15-13-33-12-14-34-19-23-8-4-21(5-9-23)17-29-27;1-3-5-7-9-11-20-18(23)16-13-17(15-22(25)14-16)19(24)21-12-10-8-6-4-2;2-1(3)4/h1-11,16H,12-15,17-20H2,(H,29,31)(H,30,32);13-15H,3-12H2,1-2H3,(H,20,23)(H,21,24);1H. The molecule has 348 valence electrons. The van der Waals surface area contributed by atoms with Crippen molar-refractivity contribution in [2.75, 3.05) is 39.5 Å². The summed E-state index contributed by atoms with van der Waals surface area (Å²) in [5.41, 5.74) is 5.36. The molecule has 4 amide bonds. The van der Waals surface area contributed by atoms with E-state index in [9.17, 15) is 24.4 Å². The second-order valence-electron chi connectivity index (χ2n) is 14.9. The average molecular weight is 943 g/mol. The number of ether oxygens (including phenoxy) is 3. The molecule has 0 radical (unpaired) electrons. The second-order valence-corrected chi connectivity index (χ2v) is 16.8. The number of alkyl halides is 3. The first-order valence-corrected chi connectivity index (χ1v) is 23.1. The van der Waals surface area contributed by atoms with Crippen molar-refractivity contribution in [2.45, 2.75) is 95.8 Å². The van der Waals surface area contributed by atoms with Crippen LogP contribution in [0.4, 0.5) is 0 Å². The predicted octanol–water partition coefficient (Wildman–Crippen LogP) is 8.54. The summed E-state index contributed by atoms with van der Waals surface area (Å²) in [7, 11) is 0. The fourth-order valence-electron chi connectivity index (χ4n) is 6.11. The van der Waals surface area contributed by atoms with Gasteiger partial charge in [0.25, 0.3) is 23.6 Å². The number of rotatable bonds is 12. The molecule has 0 aliphatic carbocycles. The van der Waals surface area contributed by atoms with Crippen molar-refractivity contribution in [3.63, 3.8) is 0 Å². The zero-order valence-electron chi connectivity index (χ0n) is 36.8. The maximum atomic E-state index is 12.6. The largest absolute Gasteiger partial charge is 0.619 e. The van der Waals surface area contributed by atoms with Gasteiger partial charge in [0.2, 0.25) is 0 Å². The van der Waals surface area contributed by atoms with E-state index in [2.05, 4.69) is 35.1 Å². The number of carbonyl (C=O) groups is 4. The molecule has 1 aromatic heterocycles. The van der Waals surface area contributed by atoms with Crippen LogP contribution >= 0.6 is 34.8 Å². The minimum atomic E-state index is -0.750. The first kappa shape index (κ1) is 53.6. The van der Waals surface area contributed by atoms with Crippen molar-refractivity contribution >= 4 is 58.4 Å². The van der Waals surface area contributed by atoms with Crippen LogP contribution in [0.1, 0.15) is 129 Å². The molecule has 3 aromatic carbocycles. The summed E-state index contributed by atoms with van der Waals surface area (Å²) in [6.45, 7) is 9.22. The van der Waals surface area contributed by atoms with Crippen LogP contribution in [0.15, 0.2) is 91.3 Å². The number of nitrogens with zero attached hydrogens (tertiary/aromatic N) is 1. The third-order valence-corrected chi connectivity index (χ3v) is 9.62. The van der Waals surface area contributed by atoms with E-state index in [1.54, 1.807) is 24.3 Å². The molecule has 0 fully saturated rings. The number of aromatic nitrogens is 1. The van der Waals surface area contributed by atoms with E-state index < -0.39 is 4.30 Å². The smallest absolute Gasteiger partial charge is 0.257 e. The Morgan fingerprint density at radius 2 is 1.00 bits per heavy atom. The third-order valence-electron chi connectivity index (χ3n) is 9.62. The van der Waals surface area contributed by atoms with Crippen molar-refractivity contribution < 1.29 is 38.1 Å². The van der Waals surface area contributed by atoms with E-state index in [4.69, 9.17) is 49.0 Å².